The number of nitrogens with zero attached hydrogens (tertiary/aromatic N) is 2. The topological polar surface area (TPSA) is 79.0 Å². The summed E-state index contributed by atoms with van der Waals surface area (Å²) in [6, 6.07) is 14.7. The summed E-state index contributed by atoms with van der Waals surface area (Å²) in [5, 5.41) is 2.95. The van der Waals surface area contributed by atoms with Gasteiger partial charge in [0, 0.05) is 24.1 Å². The van der Waals surface area contributed by atoms with E-state index in [0.717, 1.165) is 16.9 Å². The standard InChI is InChI=1S/C22H23N3O4/c1-15-12-24(13-17-7-3-5-9-19(17)29-15)22(28)23-18-8-4-2-6-16(18)14-25-20(26)10-11-21(25)27/h2-9,15H,10-14H2,1H3,(H,23,28). The smallest absolute Gasteiger partial charge is 0.322 e. The fraction of sp³-hybridized carbons (Fsp3) is 0.318. The minimum atomic E-state index is -0.247. The number of anilines is 1. The molecule has 150 valence electrons. The van der Waals surface area contributed by atoms with Crippen LogP contribution in [-0.2, 0) is 22.7 Å². The first kappa shape index (κ1) is 19.0. The molecule has 2 aromatic carbocycles. The Morgan fingerprint density at radius 2 is 1.76 bits per heavy atom. The number of urea groups is 1. The molecule has 1 fully saturated rings. The van der Waals surface area contributed by atoms with Crippen molar-refractivity contribution < 1.29 is 19.1 Å². The molecule has 1 atom stereocenters. The van der Waals surface area contributed by atoms with Gasteiger partial charge in [0.2, 0.25) is 11.8 Å². The molecule has 29 heavy (non-hydrogen) atoms. The predicted molar refractivity (Wildman–Crippen MR) is 107 cm³/mol. The molecule has 0 bridgehead atoms. The molecule has 2 aromatic rings. The maximum atomic E-state index is 13.0. The van der Waals surface area contributed by atoms with E-state index in [9.17, 15) is 14.4 Å². The molecular weight excluding hydrogens is 370 g/mol. The van der Waals surface area contributed by atoms with Gasteiger partial charge in [-0.1, -0.05) is 36.4 Å². The summed E-state index contributed by atoms with van der Waals surface area (Å²) >= 11 is 0. The second kappa shape index (κ2) is 7.95. The van der Waals surface area contributed by atoms with Crippen molar-refractivity contribution in [3.8, 4) is 5.75 Å². The van der Waals surface area contributed by atoms with Crippen molar-refractivity contribution in [1.29, 1.82) is 0 Å². The molecule has 7 heteroatoms. The van der Waals surface area contributed by atoms with E-state index in [2.05, 4.69) is 5.32 Å². The molecule has 4 rings (SSSR count). The van der Waals surface area contributed by atoms with E-state index in [4.69, 9.17) is 4.74 Å². The highest BCUT2D eigenvalue weighted by atomic mass is 16.5. The van der Waals surface area contributed by atoms with Gasteiger partial charge in [0.25, 0.3) is 0 Å². The quantitative estimate of drug-likeness (QED) is 0.813. The highest BCUT2D eigenvalue weighted by Gasteiger charge is 2.30. The number of amides is 4. The number of fused-ring (bicyclic) bond motifs is 1. The van der Waals surface area contributed by atoms with Gasteiger partial charge in [0.05, 0.1) is 19.6 Å². The normalized spacial score (nSPS) is 18.9. The van der Waals surface area contributed by atoms with Gasteiger partial charge in [-0.05, 0) is 24.6 Å². The van der Waals surface area contributed by atoms with Crippen LogP contribution < -0.4 is 10.1 Å². The molecule has 0 saturated carbocycles. The van der Waals surface area contributed by atoms with Gasteiger partial charge in [-0.3, -0.25) is 14.5 Å². The monoisotopic (exact) mass is 393 g/mol. The maximum Gasteiger partial charge on any atom is 0.322 e. The Morgan fingerprint density at radius 1 is 1.07 bits per heavy atom. The highest BCUT2D eigenvalue weighted by Crippen LogP contribution is 2.26. The molecule has 2 aliphatic heterocycles. The van der Waals surface area contributed by atoms with Crippen molar-refractivity contribution in [2.75, 3.05) is 11.9 Å². The summed E-state index contributed by atoms with van der Waals surface area (Å²) in [6.45, 7) is 2.99. The van der Waals surface area contributed by atoms with Crippen molar-refractivity contribution in [2.45, 2.75) is 39.0 Å². The zero-order valence-corrected chi connectivity index (χ0v) is 16.3. The lowest BCUT2D eigenvalue weighted by molar-refractivity contribution is -0.139. The van der Waals surface area contributed by atoms with Gasteiger partial charge in [-0.15, -0.1) is 0 Å². The highest BCUT2D eigenvalue weighted by molar-refractivity contribution is 6.02. The van der Waals surface area contributed by atoms with Crippen LogP contribution in [0.25, 0.3) is 0 Å². The third-order valence-electron chi connectivity index (χ3n) is 5.17. The number of hydrogen-bond donors (Lipinski definition) is 1. The lowest BCUT2D eigenvalue weighted by Crippen LogP contribution is -2.39. The van der Waals surface area contributed by atoms with Gasteiger partial charge >= 0.3 is 6.03 Å². The summed E-state index contributed by atoms with van der Waals surface area (Å²) < 4.78 is 5.92. The number of para-hydroxylation sites is 2. The van der Waals surface area contributed by atoms with Crippen molar-refractivity contribution in [1.82, 2.24) is 9.80 Å². The van der Waals surface area contributed by atoms with Crippen LogP contribution in [0.5, 0.6) is 5.75 Å². The van der Waals surface area contributed by atoms with Gasteiger partial charge in [0.1, 0.15) is 11.9 Å². The number of nitrogens with one attached hydrogen (secondary N) is 1. The van der Waals surface area contributed by atoms with Crippen LogP contribution in [0, 0.1) is 0 Å². The molecule has 1 N–H and O–H groups in total. The Bertz CT molecular complexity index is 943. The zero-order valence-electron chi connectivity index (χ0n) is 16.3. The van der Waals surface area contributed by atoms with Crippen LogP contribution in [0.15, 0.2) is 48.5 Å². The van der Waals surface area contributed by atoms with Crippen LogP contribution in [0.2, 0.25) is 0 Å². The average molecular weight is 393 g/mol. The van der Waals surface area contributed by atoms with Gasteiger partial charge in [-0.2, -0.15) is 0 Å². The number of carbonyl (C=O) groups excluding carboxylic acids is 3. The van der Waals surface area contributed by atoms with Gasteiger partial charge < -0.3 is 15.0 Å². The van der Waals surface area contributed by atoms with Crippen LogP contribution in [-0.4, -0.2) is 40.3 Å². The van der Waals surface area contributed by atoms with E-state index in [1.807, 2.05) is 49.4 Å². The molecular formula is C22H23N3O4. The van der Waals surface area contributed by atoms with Crippen molar-refractivity contribution in [2.24, 2.45) is 0 Å². The summed E-state index contributed by atoms with van der Waals surface area (Å²) in [5.74, 6) is 0.444. The van der Waals surface area contributed by atoms with Gasteiger partial charge in [0.15, 0.2) is 0 Å². The van der Waals surface area contributed by atoms with Crippen molar-refractivity contribution in [3.63, 3.8) is 0 Å². The van der Waals surface area contributed by atoms with E-state index in [-0.39, 0.29) is 43.3 Å². The molecule has 0 radical (unpaired) electrons. The number of benzene rings is 2. The number of hydrogen-bond acceptors (Lipinski definition) is 4. The Hall–Kier alpha value is -3.35. The van der Waals surface area contributed by atoms with Crippen molar-refractivity contribution in [3.05, 3.63) is 59.7 Å². The average Bonchev–Trinajstić information content (AvgIpc) is 2.92. The minimum Gasteiger partial charge on any atom is -0.489 e. The third-order valence-corrected chi connectivity index (χ3v) is 5.17. The summed E-state index contributed by atoms with van der Waals surface area (Å²) in [7, 11) is 0. The summed E-state index contributed by atoms with van der Waals surface area (Å²) in [5.41, 5.74) is 2.27. The Kier molecular flexibility index (Phi) is 5.20. The zero-order chi connectivity index (χ0) is 20.4. The Morgan fingerprint density at radius 3 is 2.55 bits per heavy atom. The molecule has 4 amide bonds. The number of rotatable bonds is 3. The molecule has 1 saturated heterocycles. The molecule has 1 unspecified atom stereocenters. The van der Waals surface area contributed by atoms with Crippen LogP contribution in [0.3, 0.4) is 0 Å². The largest absolute Gasteiger partial charge is 0.489 e. The third kappa shape index (κ3) is 4.08. The second-order valence-electron chi connectivity index (χ2n) is 7.38. The SMILES string of the molecule is CC1CN(C(=O)Nc2ccccc2CN2C(=O)CCC2=O)Cc2ccccc2O1. The van der Waals surface area contributed by atoms with E-state index in [1.54, 1.807) is 11.0 Å². The van der Waals surface area contributed by atoms with Crippen LogP contribution >= 0.6 is 0 Å². The second-order valence-corrected chi connectivity index (χ2v) is 7.38. The molecule has 7 nitrogen and oxygen atoms in total. The first-order valence-corrected chi connectivity index (χ1v) is 9.73. The van der Waals surface area contributed by atoms with Gasteiger partial charge in [-0.25, -0.2) is 4.79 Å². The number of carbonyl (C=O) groups is 3. The molecule has 0 aromatic heterocycles. The van der Waals surface area contributed by atoms with E-state index < -0.39 is 0 Å². The lowest BCUT2D eigenvalue weighted by Gasteiger charge is -2.24. The Labute approximate surface area is 169 Å². The first-order valence-electron chi connectivity index (χ1n) is 9.73. The van der Waals surface area contributed by atoms with Crippen LogP contribution in [0.1, 0.15) is 30.9 Å². The number of imide groups is 1. The van der Waals surface area contributed by atoms with Crippen LogP contribution in [0.4, 0.5) is 10.5 Å². The van der Waals surface area contributed by atoms with E-state index >= 15 is 0 Å². The maximum absolute atomic E-state index is 13.0. The molecule has 0 aliphatic carbocycles. The summed E-state index contributed by atoms with van der Waals surface area (Å²) in [6.07, 6.45) is 0.358. The Balaban J connectivity index is 1.51. The fourth-order valence-corrected chi connectivity index (χ4v) is 3.68. The predicted octanol–water partition coefficient (Wildman–Crippen LogP) is 3.15. The van der Waals surface area contributed by atoms with E-state index in [0.29, 0.717) is 18.8 Å². The summed E-state index contributed by atoms with van der Waals surface area (Å²) in [4.78, 5) is 39.9. The minimum absolute atomic E-state index is 0.139. The van der Waals surface area contributed by atoms with E-state index in [1.165, 1.54) is 4.90 Å². The molecule has 2 aliphatic rings. The number of ether oxygens (including phenoxy) is 1. The molecule has 0 spiro atoms. The van der Waals surface area contributed by atoms with Crippen molar-refractivity contribution >= 4 is 23.5 Å². The lowest BCUT2D eigenvalue weighted by atomic mass is 10.1. The first-order chi connectivity index (χ1) is 14.0. The fourth-order valence-electron chi connectivity index (χ4n) is 3.68. The molecule has 2 heterocycles. The number of likely N-dealkylation sites (tertiary alicyclic amines) is 1.